The van der Waals surface area contributed by atoms with E-state index in [1.165, 1.54) is 0 Å². The Morgan fingerprint density at radius 1 is 0.800 bits per heavy atom. The molecule has 0 aliphatic heterocycles. The van der Waals surface area contributed by atoms with Crippen molar-refractivity contribution >= 4 is 11.6 Å². The molecule has 1 aromatic carbocycles. The molecule has 3 nitrogen and oxygen atoms in total. The minimum Gasteiger partial charge on any atom is -0.244 e. The van der Waals surface area contributed by atoms with Gasteiger partial charge in [0, 0.05) is 11.3 Å². The lowest BCUT2D eigenvalue weighted by Gasteiger charge is -2.05. The summed E-state index contributed by atoms with van der Waals surface area (Å²) in [4.78, 5) is 13.2. The van der Waals surface area contributed by atoms with E-state index in [4.69, 9.17) is 11.6 Å². The molecule has 20 heavy (non-hydrogen) atoms. The van der Waals surface area contributed by atoms with Crippen LogP contribution in [0.1, 0.15) is 5.69 Å². The molecule has 0 fully saturated rings. The Hall–Kier alpha value is -2.26. The van der Waals surface area contributed by atoms with Crippen LogP contribution in [0.5, 0.6) is 0 Å². The zero-order valence-corrected chi connectivity index (χ0v) is 11.7. The van der Waals surface area contributed by atoms with Crippen LogP contribution >= 0.6 is 11.6 Å². The molecule has 0 radical (unpaired) electrons. The zero-order chi connectivity index (χ0) is 13.9. The van der Waals surface area contributed by atoms with Crippen LogP contribution in [0.3, 0.4) is 0 Å². The van der Waals surface area contributed by atoms with Crippen LogP contribution in [0, 0.1) is 6.92 Å². The summed E-state index contributed by atoms with van der Waals surface area (Å²) in [5, 5.41) is 0.430. The average Bonchev–Trinajstić information content (AvgIpc) is 2.47. The van der Waals surface area contributed by atoms with Gasteiger partial charge in [0.15, 0.2) is 5.82 Å². The van der Waals surface area contributed by atoms with Gasteiger partial charge in [0.2, 0.25) is 0 Å². The van der Waals surface area contributed by atoms with Crippen molar-refractivity contribution in [3.8, 4) is 22.8 Å². The van der Waals surface area contributed by atoms with Crippen molar-refractivity contribution in [1.82, 2.24) is 15.0 Å². The highest BCUT2D eigenvalue weighted by molar-refractivity contribution is 6.29. The van der Waals surface area contributed by atoms with Crippen LogP contribution in [-0.4, -0.2) is 15.0 Å². The maximum Gasteiger partial charge on any atom is 0.179 e. The van der Waals surface area contributed by atoms with E-state index in [1.807, 2.05) is 55.5 Å². The van der Waals surface area contributed by atoms with Gasteiger partial charge < -0.3 is 0 Å². The first kappa shape index (κ1) is 12.8. The first-order valence-electron chi connectivity index (χ1n) is 6.26. The van der Waals surface area contributed by atoms with Gasteiger partial charge in [-0.3, -0.25) is 0 Å². The molecule has 0 N–H and O–H groups in total. The normalized spacial score (nSPS) is 10.5. The third-order valence-electron chi connectivity index (χ3n) is 2.87. The third-order valence-corrected chi connectivity index (χ3v) is 3.06. The molecule has 0 spiro atoms. The summed E-state index contributed by atoms with van der Waals surface area (Å²) in [7, 11) is 0. The Morgan fingerprint density at radius 3 is 2.30 bits per heavy atom. The predicted octanol–water partition coefficient (Wildman–Crippen LogP) is 4.17. The van der Waals surface area contributed by atoms with Gasteiger partial charge in [-0.05, 0) is 25.1 Å². The van der Waals surface area contributed by atoms with E-state index >= 15 is 0 Å². The van der Waals surface area contributed by atoms with Crippen molar-refractivity contribution in [2.24, 2.45) is 0 Å². The Morgan fingerprint density at radius 2 is 1.55 bits per heavy atom. The summed E-state index contributed by atoms with van der Waals surface area (Å²) >= 11 is 5.98. The highest BCUT2D eigenvalue weighted by atomic mass is 35.5. The molecule has 0 saturated heterocycles. The number of halogens is 1. The SMILES string of the molecule is Cc1cc(Cl)nc(-c2cccc(-c3ccccc3)n2)n1. The summed E-state index contributed by atoms with van der Waals surface area (Å²) in [5.41, 5.74) is 3.50. The third kappa shape index (κ3) is 2.68. The van der Waals surface area contributed by atoms with Gasteiger partial charge in [0.05, 0.1) is 5.69 Å². The molecular weight excluding hydrogens is 270 g/mol. The molecule has 0 aliphatic rings. The molecule has 3 aromatic rings. The maximum absolute atomic E-state index is 5.98. The Balaban J connectivity index is 2.07. The van der Waals surface area contributed by atoms with E-state index in [0.29, 0.717) is 11.0 Å². The van der Waals surface area contributed by atoms with E-state index in [2.05, 4.69) is 15.0 Å². The minimum atomic E-state index is 0.430. The number of aromatic nitrogens is 3. The van der Waals surface area contributed by atoms with Crippen LogP contribution < -0.4 is 0 Å². The molecule has 2 heterocycles. The summed E-state index contributed by atoms with van der Waals surface area (Å²) < 4.78 is 0. The van der Waals surface area contributed by atoms with Gasteiger partial charge in [0.1, 0.15) is 10.8 Å². The van der Waals surface area contributed by atoms with Crippen molar-refractivity contribution in [2.75, 3.05) is 0 Å². The molecule has 98 valence electrons. The molecule has 3 rings (SSSR count). The van der Waals surface area contributed by atoms with E-state index in [9.17, 15) is 0 Å². The van der Waals surface area contributed by atoms with Crippen LogP contribution in [0.15, 0.2) is 54.6 Å². The molecule has 0 saturated carbocycles. The average molecular weight is 282 g/mol. The van der Waals surface area contributed by atoms with Crippen molar-refractivity contribution in [2.45, 2.75) is 6.92 Å². The highest BCUT2D eigenvalue weighted by Gasteiger charge is 2.07. The lowest BCUT2D eigenvalue weighted by molar-refractivity contribution is 1.09. The summed E-state index contributed by atoms with van der Waals surface area (Å²) in [6, 6.07) is 17.5. The lowest BCUT2D eigenvalue weighted by atomic mass is 10.1. The summed E-state index contributed by atoms with van der Waals surface area (Å²) in [6.45, 7) is 1.89. The number of aryl methyl sites for hydroxylation is 1. The molecule has 4 heteroatoms. The zero-order valence-electron chi connectivity index (χ0n) is 10.9. The Kier molecular flexibility index (Phi) is 3.44. The number of hydrogen-bond acceptors (Lipinski definition) is 3. The second-order valence-electron chi connectivity index (χ2n) is 4.43. The van der Waals surface area contributed by atoms with Crippen molar-refractivity contribution in [3.05, 3.63) is 65.4 Å². The molecular formula is C16H12ClN3. The van der Waals surface area contributed by atoms with E-state index in [-0.39, 0.29) is 0 Å². The van der Waals surface area contributed by atoms with E-state index in [0.717, 1.165) is 22.6 Å². The van der Waals surface area contributed by atoms with Gasteiger partial charge in [-0.2, -0.15) is 0 Å². The number of hydrogen-bond donors (Lipinski definition) is 0. The van der Waals surface area contributed by atoms with E-state index in [1.54, 1.807) is 6.07 Å². The number of nitrogens with zero attached hydrogens (tertiary/aromatic N) is 3. The molecule has 2 aromatic heterocycles. The second kappa shape index (κ2) is 5.39. The number of benzene rings is 1. The van der Waals surface area contributed by atoms with Crippen molar-refractivity contribution in [1.29, 1.82) is 0 Å². The fourth-order valence-electron chi connectivity index (χ4n) is 1.97. The fourth-order valence-corrected chi connectivity index (χ4v) is 2.21. The molecule has 0 amide bonds. The standard InChI is InChI=1S/C16H12ClN3/c1-11-10-15(17)20-16(18-11)14-9-5-8-13(19-14)12-6-3-2-4-7-12/h2-10H,1H3. The van der Waals surface area contributed by atoms with Crippen LogP contribution in [0.2, 0.25) is 5.15 Å². The van der Waals surface area contributed by atoms with Gasteiger partial charge in [0.25, 0.3) is 0 Å². The molecule has 0 unspecified atom stereocenters. The monoisotopic (exact) mass is 281 g/mol. The second-order valence-corrected chi connectivity index (χ2v) is 4.82. The summed E-state index contributed by atoms with van der Waals surface area (Å²) in [5.74, 6) is 0.549. The summed E-state index contributed by atoms with van der Waals surface area (Å²) in [6.07, 6.45) is 0. The van der Waals surface area contributed by atoms with Crippen LogP contribution in [0.25, 0.3) is 22.8 Å². The van der Waals surface area contributed by atoms with Gasteiger partial charge in [-0.15, -0.1) is 0 Å². The number of rotatable bonds is 2. The predicted molar refractivity (Wildman–Crippen MR) is 80.4 cm³/mol. The van der Waals surface area contributed by atoms with E-state index < -0.39 is 0 Å². The topological polar surface area (TPSA) is 38.7 Å². The van der Waals surface area contributed by atoms with Gasteiger partial charge in [-0.1, -0.05) is 48.0 Å². The van der Waals surface area contributed by atoms with Crippen molar-refractivity contribution < 1.29 is 0 Å². The van der Waals surface area contributed by atoms with Gasteiger partial charge >= 0.3 is 0 Å². The Bertz CT molecular complexity index is 721. The largest absolute Gasteiger partial charge is 0.244 e. The molecule has 0 aliphatic carbocycles. The number of pyridine rings is 1. The lowest BCUT2D eigenvalue weighted by Crippen LogP contribution is -1.95. The molecule has 0 atom stereocenters. The van der Waals surface area contributed by atoms with Crippen LogP contribution in [0.4, 0.5) is 0 Å². The first-order valence-corrected chi connectivity index (χ1v) is 6.64. The highest BCUT2D eigenvalue weighted by Crippen LogP contribution is 2.21. The maximum atomic E-state index is 5.98. The van der Waals surface area contributed by atoms with Gasteiger partial charge in [-0.25, -0.2) is 15.0 Å². The quantitative estimate of drug-likeness (QED) is 0.662. The van der Waals surface area contributed by atoms with Crippen molar-refractivity contribution in [3.63, 3.8) is 0 Å². The smallest absolute Gasteiger partial charge is 0.179 e. The Labute approximate surface area is 122 Å². The fraction of sp³-hybridized carbons (Fsp3) is 0.0625. The van der Waals surface area contributed by atoms with Crippen LogP contribution in [-0.2, 0) is 0 Å². The molecule has 0 bridgehead atoms. The minimum absolute atomic E-state index is 0.430. The first-order chi connectivity index (χ1) is 9.72.